The molecule has 0 radical (unpaired) electrons. The number of carbonyl (C=O) groups excluding carboxylic acids is 1. The van der Waals surface area contributed by atoms with Crippen LogP contribution in [0.4, 0.5) is 0 Å². The number of hydrogen-bond donors (Lipinski definition) is 0. The van der Waals surface area contributed by atoms with Crippen molar-refractivity contribution in [2.75, 3.05) is 14.2 Å². The van der Waals surface area contributed by atoms with E-state index in [0.717, 1.165) is 17.3 Å². The monoisotopic (exact) mass is 468 g/mol. The SMILES string of the molecule is COC=C(C(=O)OC)c1ccccc1C[PH](c1ccccc1)(c1ccccc1)c1ccccc1. The first-order chi connectivity index (χ1) is 16.7. The summed E-state index contributed by atoms with van der Waals surface area (Å²) in [5.41, 5.74) is 2.33. The molecule has 0 aliphatic heterocycles. The maximum absolute atomic E-state index is 12.7. The van der Waals surface area contributed by atoms with Gasteiger partial charge in [0.25, 0.3) is 0 Å². The molecule has 0 saturated heterocycles. The van der Waals surface area contributed by atoms with Crippen LogP contribution in [0.5, 0.6) is 0 Å². The van der Waals surface area contributed by atoms with Gasteiger partial charge in [-0.1, -0.05) is 0 Å². The molecule has 0 N–H and O–H groups in total. The van der Waals surface area contributed by atoms with Crippen LogP contribution in [-0.4, -0.2) is 20.2 Å². The van der Waals surface area contributed by atoms with Gasteiger partial charge in [0.2, 0.25) is 0 Å². The van der Waals surface area contributed by atoms with Gasteiger partial charge in [-0.15, -0.1) is 0 Å². The number of hydrogen-bond acceptors (Lipinski definition) is 3. The topological polar surface area (TPSA) is 35.5 Å². The van der Waals surface area contributed by atoms with Crippen LogP contribution >= 0.6 is 7.26 Å². The summed E-state index contributed by atoms with van der Waals surface area (Å²) >= 11 is 0. The normalized spacial score (nSPS) is 12.1. The Morgan fingerprint density at radius 3 is 1.56 bits per heavy atom. The van der Waals surface area contributed by atoms with E-state index in [1.54, 1.807) is 7.11 Å². The summed E-state index contributed by atoms with van der Waals surface area (Å²) in [6, 6.07) is 40.3. The van der Waals surface area contributed by atoms with E-state index in [4.69, 9.17) is 9.47 Å². The third-order valence-corrected chi connectivity index (χ3v) is 11.1. The molecular formula is C30H29O3P. The van der Waals surface area contributed by atoms with Gasteiger partial charge >= 0.3 is 202 Å². The van der Waals surface area contributed by atoms with E-state index in [1.807, 2.05) is 18.2 Å². The van der Waals surface area contributed by atoms with Crippen LogP contribution in [-0.2, 0) is 20.4 Å². The van der Waals surface area contributed by atoms with Crippen molar-refractivity contribution in [2.24, 2.45) is 0 Å². The van der Waals surface area contributed by atoms with E-state index >= 15 is 0 Å². The molecule has 0 aliphatic carbocycles. The van der Waals surface area contributed by atoms with Crippen molar-refractivity contribution in [3.8, 4) is 0 Å². The molecule has 0 saturated carbocycles. The molecule has 0 aliphatic rings. The summed E-state index contributed by atoms with van der Waals surface area (Å²) in [5, 5.41) is 3.95. The Balaban J connectivity index is 2.00. The zero-order chi connectivity index (χ0) is 23.8. The van der Waals surface area contributed by atoms with Gasteiger partial charge in [-0.3, -0.25) is 0 Å². The zero-order valence-electron chi connectivity index (χ0n) is 19.5. The summed E-state index contributed by atoms with van der Waals surface area (Å²) < 4.78 is 10.4. The van der Waals surface area contributed by atoms with Gasteiger partial charge in [0, 0.05) is 0 Å². The average molecular weight is 469 g/mol. The fraction of sp³-hybridized carbons (Fsp3) is 0.100. The summed E-state index contributed by atoms with van der Waals surface area (Å²) in [4.78, 5) is 12.7. The van der Waals surface area contributed by atoms with Gasteiger partial charge in [0.1, 0.15) is 0 Å². The van der Waals surface area contributed by atoms with Gasteiger partial charge in [-0.2, -0.15) is 0 Å². The quantitative estimate of drug-likeness (QED) is 0.157. The molecule has 0 bridgehead atoms. The van der Waals surface area contributed by atoms with Crippen molar-refractivity contribution in [1.82, 2.24) is 0 Å². The van der Waals surface area contributed by atoms with Crippen LogP contribution in [0.3, 0.4) is 0 Å². The molecule has 0 aromatic heterocycles. The van der Waals surface area contributed by atoms with Gasteiger partial charge < -0.3 is 0 Å². The zero-order valence-corrected chi connectivity index (χ0v) is 20.5. The Morgan fingerprint density at radius 1 is 0.676 bits per heavy atom. The minimum absolute atomic E-state index is 0.415. The molecule has 4 rings (SSSR count). The van der Waals surface area contributed by atoms with E-state index in [0.29, 0.717) is 5.57 Å². The molecule has 0 spiro atoms. The molecule has 0 amide bonds. The van der Waals surface area contributed by atoms with E-state index in [-0.39, 0.29) is 0 Å². The first-order valence-corrected chi connectivity index (χ1v) is 13.5. The van der Waals surface area contributed by atoms with Crippen LogP contribution in [0.1, 0.15) is 11.1 Å². The van der Waals surface area contributed by atoms with E-state index in [9.17, 15) is 4.79 Å². The van der Waals surface area contributed by atoms with Crippen molar-refractivity contribution in [1.29, 1.82) is 0 Å². The maximum atomic E-state index is 12.7. The van der Waals surface area contributed by atoms with E-state index in [1.165, 1.54) is 29.3 Å². The van der Waals surface area contributed by atoms with Crippen LogP contribution in [0.25, 0.3) is 5.57 Å². The van der Waals surface area contributed by atoms with E-state index in [2.05, 4.69) is 97.1 Å². The Morgan fingerprint density at radius 2 is 1.12 bits per heavy atom. The molecule has 4 heteroatoms. The van der Waals surface area contributed by atoms with Crippen molar-refractivity contribution in [3.63, 3.8) is 0 Å². The molecule has 3 nitrogen and oxygen atoms in total. The Bertz CT molecular complexity index is 1160. The van der Waals surface area contributed by atoms with Crippen LogP contribution < -0.4 is 15.9 Å². The van der Waals surface area contributed by atoms with Crippen molar-refractivity contribution in [2.45, 2.75) is 6.16 Å². The van der Waals surface area contributed by atoms with Gasteiger partial charge in [0.15, 0.2) is 0 Å². The third kappa shape index (κ3) is 4.66. The van der Waals surface area contributed by atoms with Gasteiger partial charge in [-0.25, -0.2) is 0 Å². The molecular weight excluding hydrogens is 439 g/mol. The van der Waals surface area contributed by atoms with Crippen LogP contribution in [0.15, 0.2) is 122 Å². The minimum atomic E-state index is -2.53. The standard InChI is InChI=1S/C30H29O3P/c1-32-22-29(30(31)33-2)28-21-13-12-14-24(28)23-34(25-15-6-3-7-16-25,26-17-8-4-9-18-26)27-19-10-5-11-20-27/h3-22,34H,23H2,1-2H3. The van der Waals surface area contributed by atoms with Crippen molar-refractivity contribution < 1.29 is 14.3 Å². The Hall–Kier alpha value is -3.68. The molecule has 0 heterocycles. The molecule has 4 aromatic rings. The van der Waals surface area contributed by atoms with Crippen molar-refractivity contribution in [3.05, 3.63) is 133 Å². The number of carbonyl (C=O) groups is 1. The molecule has 34 heavy (non-hydrogen) atoms. The number of ether oxygens (including phenoxy) is 2. The Labute approximate surface area is 202 Å². The summed E-state index contributed by atoms with van der Waals surface area (Å²) in [5.74, 6) is -0.416. The van der Waals surface area contributed by atoms with E-state index < -0.39 is 13.2 Å². The second-order valence-corrected chi connectivity index (χ2v) is 12.0. The fourth-order valence-corrected chi connectivity index (χ4v) is 9.42. The second kappa shape index (κ2) is 11.0. The first kappa shape index (κ1) is 23.5. The number of benzene rings is 4. The fourth-order valence-electron chi connectivity index (χ4n) is 4.65. The average Bonchev–Trinajstić information content (AvgIpc) is 2.92. The molecule has 172 valence electrons. The van der Waals surface area contributed by atoms with Crippen molar-refractivity contribution >= 4 is 34.7 Å². The first-order valence-electron chi connectivity index (χ1n) is 11.3. The molecule has 0 unspecified atom stereocenters. The van der Waals surface area contributed by atoms with Crippen LogP contribution in [0.2, 0.25) is 0 Å². The van der Waals surface area contributed by atoms with Gasteiger partial charge in [0.05, 0.1) is 0 Å². The predicted octanol–water partition coefficient (Wildman–Crippen LogP) is 5.07. The second-order valence-electron chi connectivity index (χ2n) is 8.10. The Kier molecular flexibility index (Phi) is 7.57. The summed E-state index contributed by atoms with van der Waals surface area (Å²) in [6.07, 6.45) is 2.25. The summed E-state index contributed by atoms with van der Waals surface area (Å²) in [7, 11) is 0.408. The number of esters is 1. The summed E-state index contributed by atoms with van der Waals surface area (Å²) in [6.45, 7) is 0. The van der Waals surface area contributed by atoms with Gasteiger partial charge in [-0.05, 0) is 0 Å². The predicted molar refractivity (Wildman–Crippen MR) is 144 cm³/mol. The molecule has 0 atom stereocenters. The number of methoxy groups -OCH3 is 2. The van der Waals surface area contributed by atoms with Crippen LogP contribution in [0, 0.1) is 0 Å². The molecule has 0 fully saturated rings. The molecule has 4 aromatic carbocycles. The number of rotatable bonds is 8. The third-order valence-electron chi connectivity index (χ3n) is 6.20.